The van der Waals surface area contributed by atoms with Crippen LogP contribution in [0.5, 0.6) is 0 Å². The Bertz CT molecular complexity index is 919. The molecule has 1 N–H and O–H groups in total. The molecule has 2 fully saturated rings. The Labute approximate surface area is 206 Å². The van der Waals surface area contributed by atoms with Gasteiger partial charge in [-0.15, -0.1) is 0 Å². The van der Waals surface area contributed by atoms with Crippen molar-refractivity contribution in [3.05, 3.63) is 35.4 Å². The third-order valence-corrected chi connectivity index (χ3v) is 6.64. The van der Waals surface area contributed by atoms with Gasteiger partial charge in [0.2, 0.25) is 6.10 Å². The number of carbonyl (C=O) groups excluding carboxylic acids is 1. The highest BCUT2D eigenvalue weighted by Crippen LogP contribution is 2.21. The summed E-state index contributed by atoms with van der Waals surface area (Å²) in [6.45, 7) is 8.13. The van der Waals surface area contributed by atoms with E-state index in [1.807, 2.05) is 30.5 Å². The fourth-order valence-electron chi connectivity index (χ4n) is 4.62. The van der Waals surface area contributed by atoms with Gasteiger partial charge in [0, 0.05) is 45.7 Å². The van der Waals surface area contributed by atoms with Crippen LogP contribution >= 0.6 is 0 Å². The van der Waals surface area contributed by atoms with Crippen LogP contribution in [0.1, 0.15) is 43.7 Å². The Morgan fingerprint density at radius 3 is 2.51 bits per heavy atom. The van der Waals surface area contributed by atoms with Crippen molar-refractivity contribution in [1.29, 1.82) is 0 Å². The summed E-state index contributed by atoms with van der Waals surface area (Å²) in [5.74, 6) is -1.06. The number of hydrogen-bond acceptors (Lipinski definition) is 8. The molecule has 1 aromatic rings. The van der Waals surface area contributed by atoms with E-state index in [1.54, 1.807) is 4.90 Å². The van der Waals surface area contributed by atoms with Crippen LogP contribution in [-0.2, 0) is 19.2 Å². The number of aliphatic carboxylic acids is 1. The number of benzene rings is 1. The van der Waals surface area contributed by atoms with E-state index < -0.39 is 12.1 Å². The minimum atomic E-state index is -0.978. The van der Waals surface area contributed by atoms with Crippen molar-refractivity contribution in [3.63, 3.8) is 0 Å². The van der Waals surface area contributed by atoms with Crippen LogP contribution in [0.2, 0.25) is 0 Å². The Kier molecular flexibility index (Phi) is 8.70. The number of piperazine rings is 1. The highest BCUT2D eigenvalue weighted by Gasteiger charge is 2.34. The maximum atomic E-state index is 12.9. The Morgan fingerprint density at radius 2 is 1.86 bits per heavy atom. The molecule has 0 spiro atoms. The van der Waals surface area contributed by atoms with Gasteiger partial charge in [0.05, 0.1) is 18.0 Å². The van der Waals surface area contributed by atoms with Gasteiger partial charge in [-0.25, -0.2) is 4.79 Å². The van der Waals surface area contributed by atoms with Crippen molar-refractivity contribution in [1.82, 2.24) is 14.8 Å². The predicted octanol–water partition coefficient (Wildman–Crippen LogP) is 1.63. The Hall–Kier alpha value is -2.98. The number of carboxylic acid groups (broad SMARTS) is 1. The lowest BCUT2D eigenvalue weighted by molar-refractivity contribution is -0.149. The van der Waals surface area contributed by atoms with Gasteiger partial charge in [-0.1, -0.05) is 36.3 Å². The van der Waals surface area contributed by atoms with E-state index in [1.165, 1.54) is 6.42 Å². The first kappa shape index (κ1) is 25.1. The van der Waals surface area contributed by atoms with Crippen LogP contribution in [0.3, 0.4) is 0 Å². The molecule has 1 atom stereocenters. The van der Waals surface area contributed by atoms with E-state index in [9.17, 15) is 9.59 Å². The first-order valence-corrected chi connectivity index (χ1v) is 12.5. The molecule has 4 rings (SSSR count). The summed E-state index contributed by atoms with van der Waals surface area (Å²) in [5.41, 5.74) is 2.72. The molecule has 1 aromatic carbocycles. The zero-order chi connectivity index (χ0) is 24.6. The third kappa shape index (κ3) is 7.02. The minimum absolute atomic E-state index is 0.0804. The second-order valence-electron chi connectivity index (χ2n) is 9.23. The van der Waals surface area contributed by atoms with Crippen LogP contribution in [0, 0.1) is 0 Å². The molecule has 1 amide bonds. The number of ether oxygens (including phenoxy) is 1. The summed E-state index contributed by atoms with van der Waals surface area (Å²) < 4.78 is 5.34. The smallest absolute Gasteiger partial charge is 0.329 e. The van der Waals surface area contributed by atoms with E-state index in [0.29, 0.717) is 32.4 Å². The molecular weight excluding hydrogens is 450 g/mol. The summed E-state index contributed by atoms with van der Waals surface area (Å²) >= 11 is 0. The first-order chi connectivity index (χ1) is 17.0. The van der Waals surface area contributed by atoms with E-state index in [0.717, 1.165) is 49.6 Å². The van der Waals surface area contributed by atoms with E-state index in [2.05, 4.69) is 27.1 Å². The number of oxime groups is 1. The largest absolute Gasteiger partial charge is 0.480 e. The molecule has 0 radical (unpaired) electrons. The van der Waals surface area contributed by atoms with Gasteiger partial charge in [-0.3, -0.25) is 14.7 Å². The highest BCUT2D eigenvalue weighted by atomic mass is 16.6. The van der Waals surface area contributed by atoms with Crippen molar-refractivity contribution < 1.29 is 24.3 Å². The summed E-state index contributed by atoms with van der Waals surface area (Å²) in [4.78, 5) is 33.2. The van der Waals surface area contributed by atoms with Crippen LogP contribution < -0.4 is 0 Å². The molecule has 190 valence electrons. The van der Waals surface area contributed by atoms with Crippen molar-refractivity contribution >= 4 is 23.8 Å². The van der Waals surface area contributed by atoms with Crippen molar-refractivity contribution in [2.75, 3.05) is 52.4 Å². The molecule has 0 saturated carbocycles. The van der Waals surface area contributed by atoms with E-state index >= 15 is 0 Å². The predicted molar refractivity (Wildman–Crippen MR) is 132 cm³/mol. The summed E-state index contributed by atoms with van der Waals surface area (Å²) in [5, 5.41) is 19.7. The molecule has 3 aliphatic heterocycles. The van der Waals surface area contributed by atoms with Gasteiger partial charge in [0.25, 0.3) is 5.91 Å². The summed E-state index contributed by atoms with van der Waals surface area (Å²) in [7, 11) is 0. The second kappa shape index (κ2) is 12.1. The number of amides is 1. The van der Waals surface area contributed by atoms with E-state index in [-0.39, 0.29) is 18.6 Å². The molecule has 3 aliphatic rings. The van der Waals surface area contributed by atoms with E-state index in [4.69, 9.17) is 14.7 Å². The molecule has 10 nitrogen and oxygen atoms in total. The first-order valence-electron chi connectivity index (χ1n) is 12.5. The lowest BCUT2D eigenvalue weighted by atomic mass is 10.0. The quantitative estimate of drug-likeness (QED) is 0.530. The molecule has 35 heavy (non-hydrogen) atoms. The molecule has 0 bridgehead atoms. The zero-order valence-corrected chi connectivity index (χ0v) is 20.3. The SMILES string of the molecule is CCCN1CCN(N=Cc2ccc(C3=NOC(C(=O)N4CCC(OCC(=O)O)CC4)C3)cc2)CC1. The Balaban J connectivity index is 1.22. The summed E-state index contributed by atoms with van der Waals surface area (Å²) in [6, 6.07) is 7.99. The van der Waals surface area contributed by atoms with Crippen molar-refractivity contribution in [2.24, 2.45) is 10.3 Å². The number of nitrogens with zero attached hydrogens (tertiary/aromatic N) is 5. The zero-order valence-electron chi connectivity index (χ0n) is 20.3. The number of carboxylic acids is 1. The fraction of sp³-hybridized carbons (Fsp3) is 0.600. The third-order valence-electron chi connectivity index (χ3n) is 6.64. The minimum Gasteiger partial charge on any atom is -0.480 e. The lowest BCUT2D eigenvalue weighted by Gasteiger charge is -2.32. The van der Waals surface area contributed by atoms with Gasteiger partial charge in [0.1, 0.15) is 6.61 Å². The van der Waals surface area contributed by atoms with Gasteiger partial charge in [-0.2, -0.15) is 5.10 Å². The number of carbonyl (C=O) groups is 2. The van der Waals surface area contributed by atoms with Gasteiger partial charge in [-0.05, 0) is 36.9 Å². The fourth-order valence-corrected chi connectivity index (χ4v) is 4.62. The number of rotatable bonds is 9. The molecule has 0 aromatic heterocycles. The van der Waals surface area contributed by atoms with Crippen LogP contribution in [-0.4, -0.2) is 108 Å². The molecule has 2 saturated heterocycles. The maximum absolute atomic E-state index is 12.9. The van der Waals surface area contributed by atoms with Crippen molar-refractivity contribution in [3.8, 4) is 0 Å². The van der Waals surface area contributed by atoms with Gasteiger partial charge >= 0.3 is 5.97 Å². The number of likely N-dealkylation sites (tertiary alicyclic amines) is 1. The van der Waals surface area contributed by atoms with Crippen LogP contribution in [0.15, 0.2) is 34.5 Å². The standard InChI is InChI=1S/C25H35N5O5/c1-2-9-28-12-14-30(15-13-28)26-17-19-3-5-20(6-4-19)22-16-23(35-27-22)25(33)29-10-7-21(8-11-29)34-18-24(31)32/h3-6,17,21,23H,2,7-16,18H2,1H3,(H,31,32). The molecular formula is C25H35N5O5. The maximum Gasteiger partial charge on any atom is 0.329 e. The van der Waals surface area contributed by atoms with Crippen LogP contribution in [0.25, 0.3) is 0 Å². The topological polar surface area (TPSA) is 107 Å². The number of hydrazone groups is 1. The molecule has 10 heteroatoms. The molecule has 0 aliphatic carbocycles. The van der Waals surface area contributed by atoms with Crippen LogP contribution in [0.4, 0.5) is 0 Å². The monoisotopic (exact) mass is 485 g/mol. The average Bonchev–Trinajstić information content (AvgIpc) is 3.38. The average molecular weight is 486 g/mol. The summed E-state index contributed by atoms with van der Waals surface area (Å²) in [6.07, 6.45) is 4.01. The highest BCUT2D eigenvalue weighted by molar-refractivity contribution is 6.04. The number of piperidine rings is 1. The normalized spacial score (nSPS) is 21.9. The number of hydrogen-bond donors (Lipinski definition) is 1. The molecule has 3 heterocycles. The van der Waals surface area contributed by atoms with Crippen molar-refractivity contribution in [2.45, 2.75) is 44.8 Å². The Morgan fingerprint density at radius 1 is 1.14 bits per heavy atom. The van der Waals surface area contributed by atoms with Gasteiger partial charge in [0.15, 0.2) is 0 Å². The lowest BCUT2D eigenvalue weighted by Crippen LogP contribution is -2.45. The molecule has 1 unspecified atom stereocenters. The second-order valence-corrected chi connectivity index (χ2v) is 9.23. The van der Waals surface area contributed by atoms with Gasteiger partial charge < -0.3 is 19.6 Å².